The molecule has 1 N–H and O–H groups in total. The number of aliphatic hydroxyl groups excluding tert-OH is 1. The van der Waals surface area contributed by atoms with Crippen LogP contribution in [0.5, 0.6) is 0 Å². The van der Waals surface area contributed by atoms with Gasteiger partial charge in [-0.25, -0.2) is 0 Å². The highest BCUT2D eigenvalue weighted by Crippen LogP contribution is 2.21. The number of aromatic nitrogens is 3. The van der Waals surface area contributed by atoms with E-state index in [0.717, 1.165) is 25.9 Å². The van der Waals surface area contributed by atoms with E-state index in [1.54, 1.807) is 0 Å². The maximum atomic E-state index is 9.03. The van der Waals surface area contributed by atoms with E-state index in [1.165, 1.54) is 0 Å². The summed E-state index contributed by atoms with van der Waals surface area (Å²) in [5, 5.41) is 9.25. The van der Waals surface area contributed by atoms with Crippen molar-refractivity contribution < 1.29 is 5.11 Å². The average Bonchev–Trinajstić information content (AvgIpc) is 2.28. The average molecular weight is 263 g/mol. The zero-order chi connectivity index (χ0) is 11.5. The first-order valence-corrected chi connectivity index (χ1v) is 5.87. The van der Waals surface area contributed by atoms with E-state index in [2.05, 4.69) is 15.0 Å². The van der Waals surface area contributed by atoms with E-state index in [4.69, 9.17) is 28.3 Å². The van der Waals surface area contributed by atoms with E-state index < -0.39 is 0 Å². The molecule has 2 rings (SSSR count). The molecule has 0 radical (unpaired) electrons. The second-order valence-electron chi connectivity index (χ2n) is 3.79. The molecule has 1 aliphatic heterocycles. The number of hydrogen-bond acceptors (Lipinski definition) is 5. The molecule has 88 valence electrons. The molecule has 0 spiro atoms. The Labute approximate surface area is 103 Å². The van der Waals surface area contributed by atoms with Crippen LogP contribution in [0, 0.1) is 5.92 Å². The second kappa shape index (κ2) is 5.12. The third kappa shape index (κ3) is 2.72. The lowest BCUT2D eigenvalue weighted by Crippen LogP contribution is -2.36. The van der Waals surface area contributed by atoms with Crippen molar-refractivity contribution in [1.29, 1.82) is 0 Å². The van der Waals surface area contributed by atoms with Crippen molar-refractivity contribution in [3.63, 3.8) is 0 Å². The van der Waals surface area contributed by atoms with Gasteiger partial charge in [-0.2, -0.15) is 15.0 Å². The first-order valence-electron chi connectivity index (χ1n) is 5.12. The lowest BCUT2D eigenvalue weighted by atomic mass is 9.98. The van der Waals surface area contributed by atoms with Crippen LogP contribution in [0.25, 0.3) is 0 Å². The largest absolute Gasteiger partial charge is 0.396 e. The lowest BCUT2D eigenvalue weighted by Gasteiger charge is -2.30. The van der Waals surface area contributed by atoms with Gasteiger partial charge in [0.25, 0.3) is 0 Å². The van der Waals surface area contributed by atoms with Crippen LogP contribution in [-0.2, 0) is 0 Å². The molecule has 1 aromatic heterocycles. The van der Waals surface area contributed by atoms with Crippen LogP contribution >= 0.6 is 23.2 Å². The van der Waals surface area contributed by atoms with Gasteiger partial charge in [0.1, 0.15) is 0 Å². The van der Waals surface area contributed by atoms with Crippen LogP contribution < -0.4 is 4.90 Å². The number of piperidine rings is 1. The highest BCUT2D eigenvalue weighted by Gasteiger charge is 2.21. The Balaban J connectivity index is 2.08. The van der Waals surface area contributed by atoms with Gasteiger partial charge >= 0.3 is 0 Å². The molecule has 0 bridgehead atoms. The smallest absolute Gasteiger partial charge is 0.230 e. The number of nitrogens with zero attached hydrogens (tertiary/aromatic N) is 4. The Morgan fingerprint density at radius 2 is 1.69 bits per heavy atom. The van der Waals surface area contributed by atoms with E-state index >= 15 is 0 Å². The molecule has 1 aromatic rings. The summed E-state index contributed by atoms with van der Waals surface area (Å²) >= 11 is 11.4. The van der Waals surface area contributed by atoms with Crippen molar-refractivity contribution in [2.45, 2.75) is 12.8 Å². The van der Waals surface area contributed by atoms with Gasteiger partial charge in [0.05, 0.1) is 0 Å². The van der Waals surface area contributed by atoms with Crippen molar-refractivity contribution in [3.8, 4) is 0 Å². The highest BCUT2D eigenvalue weighted by atomic mass is 35.5. The first kappa shape index (κ1) is 11.8. The summed E-state index contributed by atoms with van der Waals surface area (Å²) in [5.74, 6) is 0.894. The van der Waals surface area contributed by atoms with Crippen LogP contribution in [-0.4, -0.2) is 39.8 Å². The van der Waals surface area contributed by atoms with E-state index in [0.29, 0.717) is 11.9 Å². The fraction of sp³-hybridized carbons (Fsp3) is 0.667. The second-order valence-corrected chi connectivity index (χ2v) is 4.46. The summed E-state index contributed by atoms with van der Waals surface area (Å²) in [7, 11) is 0. The molecule has 16 heavy (non-hydrogen) atoms. The maximum absolute atomic E-state index is 9.03. The van der Waals surface area contributed by atoms with Crippen molar-refractivity contribution in [1.82, 2.24) is 15.0 Å². The van der Waals surface area contributed by atoms with Crippen molar-refractivity contribution in [2.24, 2.45) is 5.92 Å². The highest BCUT2D eigenvalue weighted by molar-refractivity contribution is 6.31. The minimum Gasteiger partial charge on any atom is -0.396 e. The molecule has 0 amide bonds. The normalized spacial score (nSPS) is 17.8. The monoisotopic (exact) mass is 262 g/mol. The van der Waals surface area contributed by atoms with Crippen LogP contribution in [0.2, 0.25) is 10.6 Å². The Morgan fingerprint density at radius 1 is 1.12 bits per heavy atom. The molecule has 1 fully saturated rings. The molecule has 0 unspecified atom stereocenters. The quantitative estimate of drug-likeness (QED) is 0.873. The van der Waals surface area contributed by atoms with Gasteiger partial charge in [0.15, 0.2) is 0 Å². The molecular weight excluding hydrogens is 251 g/mol. The summed E-state index contributed by atoms with van der Waals surface area (Å²) in [6.45, 7) is 1.86. The Bertz CT molecular complexity index is 348. The summed E-state index contributed by atoms with van der Waals surface area (Å²) in [4.78, 5) is 13.8. The minimum atomic E-state index is 0.110. The topological polar surface area (TPSA) is 62.1 Å². The zero-order valence-electron chi connectivity index (χ0n) is 8.60. The Kier molecular flexibility index (Phi) is 3.78. The fourth-order valence-corrected chi connectivity index (χ4v) is 2.13. The van der Waals surface area contributed by atoms with E-state index in [9.17, 15) is 0 Å². The van der Waals surface area contributed by atoms with Crippen molar-refractivity contribution in [2.75, 3.05) is 24.6 Å². The molecule has 2 heterocycles. The predicted molar refractivity (Wildman–Crippen MR) is 61.9 cm³/mol. The number of halogens is 2. The van der Waals surface area contributed by atoms with Crippen LogP contribution in [0.15, 0.2) is 0 Å². The van der Waals surface area contributed by atoms with Crippen LogP contribution in [0.3, 0.4) is 0 Å². The number of anilines is 1. The standard InChI is InChI=1S/C9H12Cl2N4O/c10-7-12-8(11)14-9(13-7)15-3-1-6(5-16)2-4-15/h6,16H,1-5H2. The Morgan fingerprint density at radius 3 is 2.19 bits per heavy atom. The molecule has 5 nitrogen and oxygen atoms in total. The zero-order valence-corrected chi connectivity index (χ0v) is 10.1. The van der Waals surface area contributed by atoms with Crippen molar-refractivity contribution >= 4 is 29.2 Å². The first-order chi connectivity index (χ1) is 7.69. The summed E-state index contributed by atoms with van der Waals surface area (Å²) in [6, 6.07) is 0. The van der Waals surface area contributed by atoms with Gasteiger partial charge in [0.2, 0.25) is 16.5 Å². The van der Waals surface area contributed by atoms with Gasteiger partial charge in [0, 0.05) is 19.7 Å². The summed E-state index contributed by atoms with van der Waals surface area (Å²) < 4.78 is 0. The maximum Gasteiger partial charge on any atom is 0.230 e. The number of hydrogen-bond donors (Lipinski definition) is 1. The Hall–Kier alpha value is -0.650. The number of rotatable bonds is 2. The van der Waals surface area contributed by atoms with Gasteiger partial charge in [-0.1, -0.05) is 0 Å². The minimum absolute atomic E-state index is 0.110. The summed E-state index contributed by atoms with van der Waals surface area (Å²) in [6.07, 6.45) is 1.86. The van der Waals surface area contributed by atoms with Crippen LogP contribution in [0.1, 0.15) is 12.8 Å². The summed E-state index contributed by atoms with van der Waals surface area (Å²) in [5.41, 5.74) is 0. The molecule has 0 saturated carbocycles. The molecule has 1 saturated heterocycles. The third-order valence-electron chi connectivity index (χ3n) is 2.72. The molecule has 0 atom stereocenters. The third-order valence-corrected chi connectivity index (χ3v) is 3.06. The molecule has 1 aliphatic rings. The van der Waals surface area contributed by atoms with Gasteiger partial charge in [-0.05, 0) is 42.0 Å². The SMILES string of the molecule is OCC1CCN(c2nc(Cl)nc(Cl)n2)CC1. The lowest BCUT2D eigenvalue weighted by molar-refractivity contribution is 0.202. The van der Waals surface area contributed by atoms with Gasteiger partial charge in [-0.15, -0.1) is 0 Å². The van der Waals surface area contributed by atoms with E-state index in [1.807, 2.05) is 4.90 Å². The fourth-order valence-electron chi connectivity index (χ4n) is 1.77. The van der Waals surface area contributed by atoms with Crippen LogP contribution in [0.4, 0.5) is 5.95 Å². The van der Waals surface area contributed by atoms with Crippen molar-refractivity contribution in [3.05, 3.63) is 10.6 Å². The molecule has 0 aromatic carbocycles. The molecular formula is C9H12Cl2N4O. The van der Waals surface area contributed by atoms with Gasteiger partial charge < -0.3 is 10.0 Å². The van der Waals surface area contributed by atoms with E-state index in [-0.39, 0.29) is 17.2 Å². The van der Waals surface area contributed by atoms with Gasteiger partial charge in [-0.3, -0.25) is 0 Å². The molecule has 7 heteroatoms. The predicted octanol–water partition coefficient (Wildman–Crippen LogP) is 1.39. The number of aliphatic hydroxyl groups is 1. The molecule has 0 aliphatic carbocycles.